The molecule has 0 N–H and O–H groups in total. The third kappa shape index (κ3) is 1.69. The molecule has 0 radical (unpaired) electrons. The van der Waals surface area contributed by atoms with Gasteiger partial charge in [0.15, 0.2) is 5.65 Å². The van der Waals surface area contributed by atoms with Gasteiger partial charge in [0.05, 0.1) is 11.2 Å². The van der Waals surface area contributed by atoms with Crippen LogP contribution in [0.25, 0.3) is 16.7 Å². The van der Waals surface area contributed by atoms with Gasteiger partial charge in [-0.15, -0.1) is 0 Å². The second kappa shape index (κ2) is 4.37. The quantitative estimate of drug-likeness (QED) is 0.686. The van der Waals surface area contributed by atoms with E-state index in [1.54, 1.807) is 9.13 Å². The fraction of sp³-hybridized carbons (Fsp3) is 0.600. The van der Waals surface area contributed by atoms with Gasteiger partial charge in [-0.05, 0) is 62.3 Å². The number of imidazole rings is 2. The summed E-state index contributed by atoms with van der Waals surface area (Å²) < 4.78 is 5.59. The average Bonchev–Trinajstić information content (AvgIpc) is 3.10. The van der Waals surface area contributed by atoms with Crippen LogP contribution in [0.15, 0.2) is 23.3 Å². The molecule has 0 saturated heterocycles. The zero-order valence-electron chi connectivity index (χ0n) is 14.9. The van der Waals surface area contributed by atoms with Crippen molar-refractivity contribution in [3.05, 3.63) is 34.6 Å². The summed E-state index contributed by atoms with van der Waals surface area (Å²) in [4.78, 5) is 17.5. The lowest BCUT2D eigenvalue weighted by Gasteiger charge is -2.56. The minimum absolute atomic E-state index is 0.0162. The molecule has 0 amide bonds. The number of fused-ring (bicyclic) bond motifs is 3. The van der Waals surface area contributed by atoms with Crippen molar-refractivity contribution in [2.75, 3.05) is 0 Å². The summed E-state index contributed by atoms with van der Waals surface area (Å²) in [5.41, 5.74) is 4.43. The first-order chi connectivity index (χ1) is 12.0. The van der Waals surface area contributed by atoms with E-state index in [4.69, 9.17) is 4.98 Å². The molecule has 0 atom stereocenters. The van der Waals surface area contributed by atoms with Gasteiger partial charge < -0.3 is 4.40 Å². The van der Waals surface area contributed by atoms with Crippen LogP contribution < -0.4 is 5.69 Å². The molecule has 0 unspecified atom stereocenters. The van der Waals surface area contributed by atoms with Gasteiger partial charge >= 0.3 is 5.69 Å². The van der Waals surface area contributed by atoms with Gasteiger partial charge in [0.25, 0.3) is 0 Å². The minimum Gasteiger partial charge on any atom is -0.305 e. The molecule has 0 spiro atoms. The van der Waals surface area contributed by atoms with Crippen molar-refractivity contribution < 1.29 is 0 Å². The maximum atomic E-state index is 12.3. The van der Waals surface area contributed by atoms with Gasteiger partial charge in [0, 0.05) is 31.9 Å². The summed E-state index contributed by atoms with van der Waals surface area (Å²) in [5.74, 6) is 2.74. The Kier molecular flexibility index (Phi) is 2.48. The van der Waals surface area contributed by atoms with E-state index in [1.165, 1.54) is 44.2 Å². The maximum Gasteiger partial charge on any atom is 0.328 e. The molecule has 0 aromatic carbocycles. The number of aryl methyl sites for hydroxylation is 2. The molecule has 25 heavy (non-hydrogen) atoms. The zero-order chi connectivity index (χ0) is 16.9. The molecule has 0 aliphatic heterocycles. The van der Waals surface area contributed by atoms with Crippen molar-refractivity contribution in [1.29, 1.82) is 0 Å². The number of pyridine rings is 1. The summed E-state index contributed by atoms with van der Waals surface area (Å²) in [5, 5.41) is 0. The molecule has 5 nitrogen and oxygen atoms in total. The second-order valence-electron chi connectivity index (χ2n) is 9.01. The second-order valence-corrected chi connectivity index (χ2v) is 9.01. The fourth-order valence-corrected chi connectivity index (χ4v) is 6.72. The van der Waals surface area contributed by atoms with Crippen molar-refractivity contribution in [3.63, 3.8) is 0 Å². The highest BCUT2D eigenvalue weighted by atomic mass is 16.1. The van der Waals surface area contributed by atoms with Crippen molar-refractivity contribution in [1.82, 2.24) is 18.5 Å². The van der Waals surface area contributed by atoms with Crippen LogP contribution in [0, 0.1) is 17.8 Å². The summed E-state index contributed by atoms with van der Waals surface area (Å²) in [6, 6.07) is 2.04. The van der Waals surface area contributed by atoms with Crippen molar-refractivity contribution in [3.8, 4) is 0 Å². The maximum absolute atomic E-state index is 12.3. The van der Waals surface area contributed by atoms with Gasteiger partial charge in [-0.25, -0.2) is 9.78 Å². The lowest BCUT2D eigenvalue weighted by Crippen LogP contribution is -2.48. The summed E-state index contributed by atoms with van der Waals surface area (Å²) in [6.45, 7) is 0. The molecule has 3 heterocycles. The number of hydrogen-bond donors (Lipinski definition) is 0. The van der Waals surface area contributed by atoms with E-state index in [1.807, 2.05) is 20.2 Å². The fourth-order valence-electron chi connectivity index (χ4n) is 6.72. The Morgan fingerprint density at radius 1 is 1.04 bits per heavy atom. The Morgan fingerprint density at radius 3 is 2.32 bits per heavy atom. The lowest BCUT2D eigenvalue weighted by atomic mass is 9.49. The molecule has 5 heteroatoms. The average molecular weight is 336 g/mol. The number of hydrogen-bond acceptors (Lipinski definition) is 2. The minimum atomic E-state index is 0.0162. The standard InChI is InChI=1S/C20H24N4O/c1-22-15-3-4-24-11-16(21-18(24)17(15)23(2)19(22)25)20-8-12-5-13(9-20)7-14(6-12)10-20/h3-4,11-14H,5-10H2,1-2H3. The molecular weight excluding hydrogens is 312 g/mol. The van der Waals surface area contributed by atoms with Gasteiger partial charge in [0.2, 0.25) is 0 Å². The molecular formula is C20H24N4O. The van der Waals surface area contributed by atoms with Crippen molar-refractivity contribution in [2.45, 2.75) is 43.9 Å². The number of rotatable bonds is 1. The lowest BCUT2D eigenvalue weighted by molar-refractivity contribution is -0.00696. The van der Waals surface area contributed by atoms with Crippen LogP contribution >= 0.6 is 0 Å². The third-order valence-electron chi connectivity index (χ3n) is 7.43. The Balaban J connectivity index is 1.59. The summed E-state index contributed by atoms with van der Waals surface area (Å²) in [6.07, 6.45) is 12.6. The first-order valence-corrected chi connectivity index (χ1v) is 9.58. The Bertz CT molecular complexity index is 1050. The van der Waals surface area contributed by atoms with Crippen LogP contribution in [0.1, 0.15) is 44.2 Å². The molecule has 4 aliphatic carbocycles. The first-order valence-electron chi connectivity index (χ1n) is 9.58. The molecule has 7 rings (SSSR count). The largest absolute Gasteiger partial charge is 0.328 e. The molecule has 4 aliphatic rings. The van der Waals surface area contributed by atoms with E-state index in [9.17, 15) is 4.79 Å². The number of aromatic nitrogens is 4. The highest BCUT2D eigenvalue weighted by molar-refractivity contribution is 5.89. The van der Waals surface area contributed by atoms with Crippen molar-refractivity contribution >= 4 is 16.7 Å². The Labute approximate surface area is 146 Å². The van der Waals surface area contributed by atoms with Gasteiger partial charge in [-0.1, -0.05) is 0 Å². The van der Waals surface area contributed by atoms with Crippen LogP contribution in [0.5, 0.6) is 0 Å². The van der Waals surface area contributed by atoms with E-state index in [2.05, 4.69) is 16.8 Å². The van der Waals surface area contributed by atoms with Crippen LogP contribution in [0.2, 0.25) is 0 Å². The van der Waals surface area contributed by atoms with E-state index in [-0.39, 0.29) is 5.69 Å². The summed E-state index contributed by atoms with van der Waals surface area (Å²) in [7, 11) is 3.69. The van der Waals surface area contributed by atoms with E-state index in [0.717, 1.165) is 34.4 Å². The smallest absolute Gasteiger partial charge is 0.305 e. The van der Waals surface area contributed by atoms with E-state index >= 15 is 0 Å². The number of nitrogens with zero attached hydrogens (tertiary/aromatic N) is 4. The van der Waals surface area contributed by atoms with Crippen molar-refractivity contribution in [2.24, 2.45) is 31.8 Å². The predicted molar refractivity (Wildman–Crippen MR) is 96.8 cm³/mol. The van der Waals surface area contributed by atoms with E-state index < -0.39 is 0 Å². The molecule has 3 aromatic heterocycles. The van der Waals surface area contributed by atoms with E-state index in [0.29, 0.717) is 5.41 Å². The highest BCUT2D eigenvalue weighted by Gasteiger charge is 2.52. The molecule has 4 saturated carbocycles. The van der Waals surface area contributed by atoms with Gasteiger partial charge in [-0.2, -0.15) is 0 Å². The Hall–Kier alpha value is -2.04. The molecule has 4 fully saturated rings. The molecule has 130 valence electrons. The Morgan fingerprint density at radius 2 is 1.68 bits per heavy atom. The molecule has 4 bridgehead atoms. The van der Waals surface area contributed by atoms with Crippen LogP contribution in [0.4, 0.5) is 0 Å². The predicted octanol–water partition coefficient (Wildman–Crippen LogP) is 2.99. The molecule has 3 aromatic rings. The van der Waals surface area contributed by atoms with Crippen LogP contribution in [-0.4, -0.2) is 18.5 Å². The van der Waals surface area contributed by atoms with Crippen LogP contribution in [-0.2, 0) is 19.5 Å². The zero-order valence-corrected chi connectivity index (χ0v) is 14.9. The van der Waals surface area contributed by atoms with Crippen LogP contribution in [0.3, 0.4) is 0 Å². The first kappa shape index (κ1) is 14.2. The normalized spacial score (nSPS) is 33.8. The third-order valence-corrected chi connectivity index (χ3v) is 7.43. The van der Waals surface area contributed by atoms with Gasteiger partial charge in [-0.3, -0.25) is 9.13 Å². The monoisotopic (exact) mass is 336 g/mol. The SMILES string of the molecule is Cn1c(=O)n(C)c2c1ccn1cc(C34CC5CC(CC(C5)C3)C4)nc21. The topological polar surface area (TPSA) is 44.2 Å². The van der Waals surface area contributed by atoms with Gasteiger partial charge in [0.1, 0.15) is 5.52 Å². The highest BCUT2D eigenvalue weighted by Crippen LogP contribution is 2.60. The summed E-state index contributed by atoms with van der Waals surface area (Å²) >= 11 is 0.